The molecule has 1 fully saturated rings. The van der Waals surface area contributed by atoms with Crippen molar-refractivity contribution in [3.63, 3.8) is 0 Å². The molecule has 0 amide bonds. The first-order chi connectivity index (χ1) is 15.7. The van der Waals surface area contributed by atoms with Gasteiger partial charge >= 0.3 is 0 Å². The van der Waals surface area contributed by atoms with Crippen molar-refractivity contribution < 1.29 is 9.13 Å². The SMILES string of the molecule is C=CC(Nc1nc(C)nc2cc(=O)n(C3CCOCC3)cc12)c1cc(N)cc(C(C)(C)F)c1. The third-order valence-electron chi connectivity index (χ3n) is 6.01. The number of nitrogens with one attached hydrogen (secondary N) is 1. The van der Waals surface area contributed by atoms with E-state index in [1.165, 1.54) is 13.8 Å². The molecule has 0 radical (unpaired) electrons. The van der Waals surface area contributed by atoms with Crippen LogP contribution in [0.1, 0.15) is 55.7 Å². The number of nitrogens with two attached hydrogens (primary N) is 1. The number of ether oxygens (including phenoxy) is 1. The summed E-state index contributed by atoms with van der Waals surface area (Å²) in [7, 11) is 0. The van der Waals surface area contributed by atoms with Gasteiger partial charge in [0.1, 0.15) is 17.3 Å². The predicted molar refractivity (Wildman–Crippen MR) is 129 cm³/mol. The highest BCUT2D eigenvalue weighted by molar-refractivity contribution is 5.88. The number of alkyl halides is 1. The van der Waals surface area contributed by atoms with E-state index in [1.807, 2.05) is 6.20 Å². The summed E-state index contributed by atoms with van der Waals surface area (Å²) in [6, 6.07) is 6.46. The molecule has 1 unspecified atom stereocenters. The van der Waals surface area contributed by atoms with E-state index in [1.54, 1.807) is 41.8 Å². The van der Waals surface area contributed by atoms with Crippen LogP contribution in [0.3, 0.4) is 0 Å². The monoisotopic (exact) mass is 451 g/mol. The third kappa shape index (κ3) is 4.90. The molecular weight excluding hydrogens is 421 g/mol. The Morgan fingerprint density at radius 3 is 2.67 bits per heavy atom. The van der Waals surface area contributed by atoms with Gasteiger partial charge in [-0.1, -0.05) is 12.1 Å². The van der Waals surface area contributed by atoms with Crippen molar-refractivity contribution in [3.8, 4) is 0 Å². The summed E-state index contributed by atoms with van der Waals surface area (Å²) >= 11 is 0. The minimum Gasteiger partial charge on any atom is -0.399 e. The fourth-order valence-corrected chi connectivity index (χ4v) is 4.22. The smallest absolute Gasteiger partial charge is 0.252 e. The number of nitrogens with zero attached hydrogens (tertiary/aromatic N) is 3. The second-order valence-electron chi connectivity index (χ2n) is 9.00. The van der Waals surface area contributed by atoms with Crippen LogP contribution < -0.4 is 16.6 Å². The summed E-state index contributed by atoms with van der Waals surface area (Å²) < 4.78 is 21.8. The summed E-state index contributed by atoms with van der Waals surface area (Å²) in [4.78, 5) is 21.9. The maximum absolute atomic E-state index is 14.6. The Morgan fingerprint density at radius 1 is 1.27 bits per heavy atom. The van der Waals surface area contributed by atoms with E-state index in [0.717, 1.165) is 23.8 Å². The molecule has 1 aliphatic rings. The number of benzene rings is 1. The number of hydrogen-bond donors (Lipinski definition) is 2. The quantitative estimate of drug-likeness (QED) is 0.421. The van der Waals surface area contributed by atoms with Gasteiger partial charge in [0, 0.05) is 37.2 Å². The molecule has 7 nitrogen and oxygen atoms in total. The molecular formula is C25H30FN5O2. The summed E-state index contributed by atoms with van der Waals surface area (Å²) in [5.74, 6) is 1.11. The predicted octanol–water partition coefficient (Wildman–Crippen LogP) is 4.58. The molecule has 2 aromatic heterocycles. The molecule has 1 saturated heterocycles. The van der Waals surface area contributed by atoms with E-state index in [-0.39, 0.29) is 17.6 Å². The molecule has 1 aliphatic heterocycles. The van der Waals surface area contributed by atoms with E-state index in [0.29, 0.717) is 41.6 Å². The van der Waals surface area contributed by atoms with Crippen molar-refractivity contribution in [2.75, 3.05) is 24.3 Å². The number of aryl methyl sites for hydroxylation is 1. The van der Waals surface area contributed by atoms with Crippen molar-refractivity contribution >= 4 is 22.4 Å². The molecule has 0 aliphatic carbocycles. The van der Waals surface area contributed by atoms with Gasteiger partial charge in [-0.25, -0.2) is 14.4 Å². The van der Waals surface area contributed by atoms with Gasteiger partial charge in [0.2, 0.25) is 0 Å². The Morgan fingerprint density at radius 2 is 2.00 bits per heavy atom. The maximum atomic E-state index is 14.6. The first kappa shape index (κ1) is 22.9. The van der Waals surface area contributed by atoms with Crippen LogP contribution in [-0.2, 0) is 10.4 Å². The number of fused-ring (bicyclic) bond motifs is 1. The van der Waals surface area contributed by atoms with Crippen molar-refractivity contribution in [2.24, 2.45) is 0 Å². The van der Waals surface area contributed by atoms with Crippen LogP contribution in [0.15, 0.2) is 47.9 Å². The van der Waals surface area contributed by atoms with Gasteiger partial charge in [-0.05, 0) is 56.9 Å². The molecule has 0 saturated carbocycles. The van der Waals surface area contributed by atoms with E-state index >= 15 is 0 Å². The molecule has 4 rings (SSSR count). The van der Waals surface area contributed by atoms with Crippen molar-refractivity contribution in [1.82, 2.24) is 14.5 Å². The van der Waals surface area contributed by atoms with Crippen LogP contribution in [-0.4, -0.2) is 27.7 Å². The summed E-state index contributed by atoms with van der Waals surface area (Å²) in [5.41, 5.74) is 6.75. The third-order valence-corrected chi connectivity index (χ3v) is 6.01. The number of aromatic nitrogens is 3. The fraction of sp³-hybridized carbons (Fsp3) is 0.400. The van der Waals surface area contributed by atoms with Crippen LogP contribution in [0, 0.1) is 6.92 Å². The van der Waals surface area contributed by atoms with E-state index in [4.69, 9.17) is 10.5 Å². The molecule has 33 heavy (non-hydrogen) atoms. The van der Waals surface area contributed by atoms with Crippen LogP contribution in [0.5, 0.6) is 0 Å². The molecule has 3 N–H and O–H groups in total. The lowest BCUT2D eigenvalue weighted by Gasteiger charge is -2.25. The standard InChI is InChI=1S/C25H30FN5O2/c1-5-21(16-10-17(25(3,4)26)12-18(27)11-16)30-24-20-14-31(19-6-8-33-9-7-19)23(32)13-22(20)28-15(2)29-24/h5,10-14,19,21H,1,6-9,27H2,2-4H3,(H,28,29,30). The number of pyridine rings is 1. The Kier molecular flexibility index (Phi) is 6.21. The molecule has 0 spiro atoms. The van der Waals surface area contributed by atoms with E-state index in [2.05, 4.69) is 21.9 Å². The topological polar surface area (TPSA) is 95.1 Å². The van der Waals surface area contributed by atoms with Gasteiger partial charge < -0.3 is 20.4 Å². The molecule has 8 heteroatoms. The first-order valence-electron chi connectivity index (χ1n) is 11.1. The van der Waals surface area contributed by atoms with E-state index in [9.17, 15) is 9.18 Å². The first-order valence-corrected chi connectivity index (χ1v) is 11.1. The maximum Gasteiger partial charge on any atom is 0.252 e. The number of nitrogen functional groups attached to an aromatic ring is 1. The van der Waals surface area contributed by atoms with Crippen molar-refractivity contribution in [1.29, 1.82) is 0 Å². The van der Waals surface area contributed by atoms with Crippen LogP contribution in [0.2, 0.25) is 0 Å². The number of rotatable bonds is 6. The zero-order chi connectivity index (χ0) is 23.8. The average Bonchev–Trinajstić information content (AvgIpc) is 2.76. The highest BCUT2D eigenvalue weighted by atomic mass is 19.1. The highest BCUT2D eigenvalue weighted by Gasteiger charge is 2.23. The Balaban J connectivity index is 1.78. The van der Waals surface area contributed by atoms with Gasteiger partial charge in [-0.15, -0.1) is 6.58 Å². The molecule has 3 aromatic rings. The Bertz CT molecular complexity index is 1240. The molecule has 174 valence electrons. The summed E-state index contributed by atoms with van der Waals surface area (Å²) in [6.07, 6.45) is 5.11. The summed E-state index contributed by atoms with van der Waals surface area (Å²) in [6.45, 7) is 9.99. The molecule has 0 bridgehead atoms. The van der Waals surface area contributed by atoms with Gasteiger partial charge in [-0.2, -0.15) is 0 Å². The van der Waals surface area contributed by atoms with Gasteiger partial charge in [0.15, 0.2) is 0 Å². The minimum absolute atomic E-state index is 0.0725. The average molecular weight is 452 g/mol. The van der Waals surface area contributed by atoms with Crippen molar-refractivity contribution in [2.45, 2.75) is 51.4 Å². The normalized spacial score (nSPS) is 16.0. The second-order valence-corrected chi connectivity index (χ2v) is 9.00. The largest absolute Gasteiger partial charge is 0.399 e. The minimum atomic E-state index is -1.53. The lowest BCUT2D eigenvalue weighted by molar-refractivity contribution is 0.0688. The molecule has 3 heterocycles. The fourth-order valence-electron chi connectivity index (χ4n) is 4.22. The zero-order valence-electron chi connectivity index (χ0n) is 19.3. The van der Waals surface area contributed by atoms with Gasteiger partial charge in [-0.3, -0.25) is 4.79 Å². The van der Waals surface area contributed by atoms with Crippen LogP contribution in [0.25, 0.3) is 10.9 Å². The highest BCUT2D eigenvalue weighted by Crippen LogP contribution is 2.32. The Hall–Kier alpha value is -3.26. The van der Waals surface area contributed by atoms with Crippen LogP contribution in [0.4, 0.5) is 15.9 Å². The molecule has 1 atom stereocenters. The number of hydrogen-bond acceptors (Lipinski definition) is 6. The summed E-state index contributed by atoms with van der Waals surface area (Å²) in [5, 5.41) is 4.13. The molecule has 1 aromatic carbocycles. The number of anilines is 2. The number of halogens is 1. The lowest BCUT2D eigenvalue weighted by Crippen LogP contribution is -2.28. The Labute approximate surface area is 192 Å². The van der Waals surface area contributed by atoms with Gasteiger partial charge in [0.05, 0.1) is 16.9 Å². The van der Waals surface area contributed by atoms with Crippen molar-refractivity contribution in [3.05, 3.63) is 70.4 Å². The van der Waals surface area contributed by atoms with Crippen LogP contribution >= 0.6 is 0 Å². The second kappa shape index (κ2) is 8.94. The zero-order valence-corrected chi connectivity index (χ0v) is 19.3. The lowest BCUT2D eigenvalue weighted by atomic mass is 9.94. The van der Waals surface area contributed by atoms with Gasteiger partial charge in [0.25, 0.3) is 5.56 Å². The van der Waals surface area contributed by atoms with E-state index < -0.39 is 5.67 Å².